The Kier molecular flexibility index (Phi) is 27.8. The summed E-state index contributed by atoms with van der Waals surface area (Å²) in [4.78, 5) is 165. The van der Waals surface area contributed by atoms with Gasteiger partial charge in [-0.25, -0.2) is 4.79 Å². The molecule has 1 aromatic carbocycles. The lowest BCUT2D eigenvalue weighted by Crippen LogP contribution is -2.71. The third-order valence-corrected chi connectivity index (χ3v) is 14.7. The smallest absolute Gasteiger partial charge is 0.366 e. The molecule has 540 valence electrons. The zero-order chi connectivity index (χ0) is 73.1. The minimum absolute atomic E-state index is 0.205. The van der Waals surface area contributed by atoms with E-state index in [9.17, 15) is 62.6 Å². The molecule has 0 radical (unpaired) electrons. The molecule has 30 heteroatoms. The van der Waals surface area contributed by atoms with Gasteiger partial charge in [-0.3, -0.25) is 57.6 Å². The number of carbonyl (C=O) groups is 12. The maximum absolute atomic E-state index is 14.8. The lowest BCUT2D eigenvalue weighted by atomic mass is 9.86. The molecule has 2 amide bonds. The van der Waals surface area contributed by atoms with E-state index in [1.165, 1.54) is 62.3 Å². The number of benzene rings is 1. The number of aliphatic hydroxyl groups excluding tert-OH is 1. The predicted molar refractivity (Wildman–Crippen MR) is 328 cm³/mol. The summed E-state index contributed by atoms with van der Waals surface area (Å²) in [5.41, 5.74) is -5.92. The van der Waals surface area contributed by atoms with E-state index in [-0.39, 0.29) is 6.61 Å². The van der Waals surface area contributed by atoms with Crippen LogP contribution in [0.5, 0.6) is 0 Å². The molecule has 30 nitrogen and oxygen atoms in total. The molecule has 0 saturated carbocycles. The molecule has 0 bridgehead atoms. The van der Waals surface area contributed by atoms with Crippen molar-refractivity contribution in [2.45, 2.75) is 256 Å². The van der Waals surface area contributed by atoms with Crippen LogP contribution in [0.4, 0.5) is 0 Å². The van der Waals surface area contributed by atoms with Gasteiger partial charge < -0.3 is 80.9 Å². The number of carbonyl (C=O) groups excluding carboxylic acids is 12. The Morgan fingerprint density at radius 3 is 1.46 bits per heavy atom. The van der Waals surface area contributed by atoms with Crippen LogP contribution in [-0.2, 0) is 140 Å². The second-order valence-corrected chi connectivity index (χ2v) is 28.7. The van der Waals surface area contributed by atoms with Crippen molar-refractivity contribution in [1.29, 1.82) is 0 Å². The fourth-order valence-electron chi connectivity index (χ4n) is 9.74. The maximum atomic E-state index is 14.8. The van der Waals surface area contributed by atoms with Crippen LogP contribution in [0.1, 0.15) is 157 Å². The second-order valence-electron chi connectivity index (χ2n) is 28.7. The van der Waals surface area contributed by atoms with Gasteiger partial charge in [0.05, 0.1) is 53.8 Å². The van der Waals surface area contributed by atoms with Crippen LogP contribution in [0.25, 0.3) is 0 Å². The normalized spacial score (nSPS) is 27.0. The molecule has 16 atom stereocenters. The number of aliphatic hydroxyl groups is 1. The van der Waals surface area contributed by atoms with Gasteiger partial charge in [-0.2, -0.15) is 0 Å². The third kappa shape index (κ3) is 22.2. The molecule has 3 aliphatic heterocycles. The van der Waals surface area contributed by atoms with Gasteiger partial charge in [0.2, 0.25) is 11.8 Å². The SMILES string of the molecule is COC(=O)[C@@]1(OC[C@H]2O[C@@H](O[C@H]3[C@H](OC(=O)C(C)(C)C)[C@@H](OC(=O)C(C)(C)C)[C@H](OCc4ccccc4)O[C@@H]3COC(=O)C(C)(C)C)[C@H](OC(=O)C(C)(C)C)[C@@H](OC(=O)C(C)(C)C)[C@H]2O)C[C@H](OC(C)=O)[C@@H](N(C(C)=O)C(C)=O)[C@H]([C@H](OC(C)=O)[C@@H](COC(C)=O)OC(C)=O)O1. The average Bonchev–Trinajstić information content (AvgIpc) is 0.753. The highest BCUT2D eigenvalue weighted by Crippen LogP contribution is 2.42. The fourth-order valence-corrected chi connectivity index (χ4v) is 9.74. The monoisotopic (exact) mass is 1370 g/mol. The van der Waals surface area contributed by atoms with Crippen molar-refractivity contribution in [2.75, 3.05) is 26.9 Å². The Hall–Kier alpha value is -7.22. The Balaban J connectivity index is 2.15. The zero-order valence-electron chi connectivity index (χ0n) is 58.9. The Morgan fingerprint density at radius 1 is 0.542 bits per heavy atom. The summed E-state index contributed by atoms with van der Waals surface area (Å²) in [6.45, 7) is 25.3. The van der Waals surface area contributed by atoms with Gasteiger partial charge in [0, 0.05) is 41.5 Å². The van der Waals surface area contributed by atoms with Gasteiger partial charge >= 0.3 is 59.7 Å². The molecule has 96 heavy (non-hydrogen) atoms. The van der Waals surface area contributed by atoms with Crippen LogP contribution in [0, 0.1) is 27.1 Å². The number of hydrogen-bond acceptors (Lipinski definition) is 29. The van der Waals surface area contributed by atoms with E-state index >= 15 is 0 Å². The summed E-state index contributed by atoms with van der Waals surface area (Å²) in [6, 6.07) is 6.76. The van der Waals surface area contributed by atoms with E-state index in [1.807, 2.05) is 0 Å². The number of rotatable bonds is 23. The summed E-state index contributed by atoms with van der Waals surface area (Å²) < 4.78 is 97.8. The van der Waals surface area contributed by atoms with Gasteiger partial charge in [0.15, 0.2) is 49.2 Å². The predicted octanol–water partition coefficient (Wildman–Crippen LogP) is 4.62. The lowest BCUT2D eigenvalue weighted by Gasteiger charge is -2.51. The van der Waals surface area contributed by atoms with Crippen LogP contribution in [-0.4, -0.2) is 206 Å². The minimum atomic E-state index is -3.06. The number of amides is 2. The number of hydrogen-bond donors (Lipinski definition) is 1. The number of methoxy groups -OCH3 is 1. The van der Waals surface area contributed by atoms with Crippen molar-refractivity contribution in [3.8, 4) is 0 Å². The highest BCUT2D eigenvalue weighted by Gasteiger charge is 2.63. The first-order chi connectivity index (χ1) is 44.0. The average molecular weight is 1370 g/mol. The van der Waals surface area contributed by atoms with Gasteiger partial charge in [-0.1, -0.05) is 30.3 Å². The molecule has 0 spiro atoms. The van der Waals surface area contributed by atoms with Crippen LogP contribution in [0.2, 0.25) is 0 Å². The molecular weight excluding hydrogens is 1270 g/mol. The van der Waals surface area contributed by atoms with Crippen molar-refractivity contribution >= 4 is 71.5 Å². The molecule has 3 saturated heterocycles. The molecule has 3 aliphatic rings. The topological polar surface area (TPSA) is 376 Å². The molecule has 1 N–H and O–H groups in total. The molecular formula is C66H97NO29. The number of nitrogens with zero attached hydrogens (tertiary/aromatic N) is 1. The Morgan fingerprint density at radius 2 is 1.01 bits per heavy atom. The highest BCUT2D eigenvalue weighted by molar-refractivity contribution is 5.94. The number of imide groups is 1. The molecule has 0 aromatic heterocycles. The van der Waals surface area contributed by atoms with Crippen LogP contribution in [0.15, 0.2) is 30.3 Å². The molecule has 3 fully saturated rings. The Bertz CT molecular complexity index is 2930. The first kappa shape index (κ1) is 81.2. The summed E-state index contributed by atoms with van der Waals surface area (Å²) in [5.74, 6) is -15.5. The van der Waals surface area contributed by atoms with Crippen molar-refractivity contribution in [3.63, 3.8) is 0 Å². The first-order valence-corrected chi connectivity index (χ1v) is 31.2. The van der Waals surface area contributed by atoms with E-state index in [4.69, 9.17) is 75.8 Å². The summed E-state index contributed by atoms with van der Waals surface area (Å²) in [7, 11) is 0.863. The van der Waals surface area contributed by atoms with Gasteiger partial charge in [0.1, 0.15) is 55.9 Å². The molecule has 0 aliphatic carbocycles. The largest absolute Gasteiger partial charge is 0.465 e. The standard InChI is InChI=1S/C66H97NO29/c1-33(68)67(34(2)69)44-40(86-36(4)71)28-66(60(80)81-22,96-48(44)46(88-38(6)73)42(87-37(5)72)30-82-35(3)70)85-32-41-45(74)49(92-56(76)62(10,11)12)51(94-58(78)64(16,17)18)54(89-41)91-47-43(31-84-55(75)61(7,8)9)90-53(83-29-39-26-24-23-25-27-39)52(95-59(79)65(19,20)21)50(47)93-57(77)63(13,14)15/h23-27,40-54,74H,28-32H2,1-22H3/t40-,41+,42+,43+,44+,45-,46+,47+,48+,49-,50-,51+,52+,53+,54-,66+/m0/s1. The van der Waals surface area contributed by atoms with Gasteiger partial charge in [-0.15, -0.1) is 0 Å². The van der Waals surface area contributed by atoms with Crippen molar-refractivity contribution in [1.82, 2.24) is 4.90 Å². The lowest BCUT2D eigenvalue weighted by molar-refractivity contribution is -0.371. The highest BCUT2D eigenvalue weighted by atomic mass is 16.8. The van der Waals surface area contributed by atoms with E-state index in [1.54, 1.807) is 71.9 Å². The van der Waals surface area contributed by atoms with Crippen LogP contribution >= 0.6 is 0 Å². The second kappa shape index (κ2) is 32.9. The summed E-state index contributed by atoms with van der Waals surface area (Å²) >= 11 is 0. The van der Waals surface area contributed by atoms with E-state index in [0.717, 1.165) is 48.7 Å². The van der Waals surface area contributed by atoms with Gasteiger partial charge in [0.25, 0.3) is 5.79 Å². The number of esters is 10. The molecule has 0 unspecified atom stereocenters. The fraction of sp³-hybridized carbons (Fsp3) is 0.727. The zero-order valence-corrected chi connectivity index (χ0v) is 58.9. The van der Waals surface area contributed by atoms with E-state index < -0.39 is 222 Å². The maximum Gasteiger partial charge on any atom is 0.366 e. The summed E-state index contributed by atoms with van der Waals surface area (Å²) in [5, 5.41) is 12.8. The van der Waals surface area contributed by atoms with Crippen LogP contribution < -0.4 is 0 Å². The molecule has 1 aromatic rings. The van der Waals surface area contributed by atoms with Crippen molar-refractivity contribution < 1.29 is 138 Å². The minimum Gasteiger partial charge on any atom is -0.465 e. The van der Waals surface area contributed by atoms with E-state index in [2.05, 4.69) is 0 Å². The van der Waals surface area contributed by atoms with E-state index in [0.29, 0.717) is 10.5 Å². The quantitative estimate of drug-likeness (QED) is 0.115. The van der Waals surface area contributed by atoms with Crippen LogP contribution in [0.3, 0.4) is 0 Å². The number of ether oxygens (including phenoxy) is 16. The Labute approximate surface area is 559 Å². The van der Waals surface area contributed by atoms with Crippen molar-refractivity contribution in [2.24, 2.45) is 27.1 Å². The van der Waals surface area contributed by atoms with Gasteiger partial charge in [-0.05, 0) is 109 Å². The first-order valence-electron chi connectivity index (χ1n) is 31.2. The third-order valence-electron chi connectivity index (χ3n) is 14.7. The molecule has 3 heterocycles. The summed E-state index contributed by atoms with van der Waals surface area (Å²) in [6.07, 6.45) is -28.9. The van der Waals surface area contributed by atoms with Crippen molar-refractivity contribution in [3.05, 3.63) is 35.9 Å². The molecule has 4 rings (SSSR count).